The molecule has 2 nitrogen and oxygen atoms in total. The van der Waals surface area contributed by atoms with E-state index in [0.29, 0.717) is 5.11 Å². The van der Waals surface area contributed by atoms with Gasteiger partial charge in [-0.25, -0.2) is 0 Å². The number of fused-ring (bicyclic) bond motifs is 1. The summed E-state index contributed by atoms with van der Waals surface area (Å²) in [5.41, 5.74) is 1.06. The van der Waals surface area contributed by atoms with Crippen molar-refractivity contribution < 1.29 is 0 Å². The molecular formula is C16H20N2S. The summed E-state index contributed by atoms with van der Waals surface area (Å²) in [7, 11) is 0. The second-order valence-electron chi connectivity index (χ2n) is 4.61. The summed E-state index contributed by atoms with van der Waals surface area (Å²) >= 11 is 5.33. The summed E-state index contributed by atoms with van der Waals surface area (Å²) in [6, 6.07) is 14.5. The van der Waals surface area contributed by atoms with Crippen LogP contribution in [0.15, 0.2) is 42.5 Å². The minimum Gasteiger partial charge on any atom is -0.362 e. The van der Waals surface area contributed by atoms with Gasteiger partial charge in [0.15, 0.2) is 5.11 Å². The van der Waals surface area contributed by atoms with Gasteiger partial charge in [0, 0.05) is 17.6 Å². The summed E-state index contributed by atoms with van der Waals surface area (Å²) < 4.78 is 0. The van der Waals surface area contributed by atoms with Crippen molar-refractivity contribution >= 4 is 33.8 Å². The largest absolute Gasteiger partial charge is 0.362 e. The van der Waals surface area contributed by atoms with Crippen LogP contribution in [0.2, 0.25) is 0 Å². The average molecular weight is 272 g/mol. The lowest BCUT2D eigenvalue weighted by molar-refractivity contribution is 0.698. The van der Waals surface area contributed by atoms with Crippen LogP contribution < -0.4 is 10.6 Å². The van der Waals surface area contributed by atoms with Crippen LogP contribution in [0.3, 0.4) is 0 Å². The van der Waals surface area contributed by atoms with Gasteiger partial charge in [-0.05, 0) is 30.1 Å². The van der Waals surface area contributed by atoms with Crippen LogP contribution in [0.25, 0.3) is 10.8 Å². The molecule has 0 aliphatic rings. The highest BCUT2D eigenvalue weighted by Crippen LogP contribution is 2.22. The Labute approximate surface area is 120 Å². The fourth-order valence-electron chi connectivity index (χ4n) is 2.08. The summed E-state index contributed by atoms with van der Waals surface area (Å²) in [6.45, 7) is 3.14. The predicted octanol–water partition coefficient (Wildman–Crippen LogP) is 4.32. The summed E-state index contributed by atoms with van der Waals surface area (Å²) in [5.74, 6) is 0. The van der Waals surface area contributed by atoms with Gasteiger partial charge < -0.3 is 10.6 Å². The Morgan fingerprint density at radius 2 is 1.84 bits per heavy atom. The van der Waals surface area contributed by atoms with Crippen LogP contribution in [-0.2, 0) is 0 Å². The van der Waals surface area contributed by atoms with Gasteiger partial charge in [-0.2, -0.15) is 0 Å². The molecule has 0 aliphatic carbocycles. The molecule has 0 aromatic heterocycles. The normalized spacial score (nSPS) is 10.4. The number of anilines is 1. The van der Waals surface area contributed by atoms with Crippen molar-refractivity contribution in [3.05, 3.63) is 42.5 Å². The fraction of sp³-hybridized carbons (Fsp3) is 0.312. The number of rotatable bonds is 5. The molecule has 19 heavy (non-hydrogen) atoms. The number of benzene rings is 2. The lowest BCUT2D eigenvalue weighted by atomic mass is 10.1. The molecule has 0 fully saturated rings. The molecule has 100 valence electrons. The molecule has 2 aromatic carbocycles. The van der Waals surface area contributed by atoms with Crippen molar-refractivity contribution in [2.24, 2.45) is 0 Å². The topological polar surface area (TPSA) is 24.1 Å². The molecule has 0 saturated carbocycles. The van der Waals surface area contributed by atoms with Gasteiger partial charge >= 0.3 is 0 Å². The molecule has 2 aromatic rings. The summed E-state index contributed by atoms with van der Waals surface area (Å²) in [5, 5.41) is 9.65. The third kappa shape index (κ3) is 3.93. The van der Waals surface area contributed by atoms with Crippen molar-refractivity contribution in [3.8, 4) is 0 Å². The quantitative estimate of drug-likeness (QED) is 0.626. The molecule has 0 saturated heterocycles. The van der Waals surface area contributed by atoms with E-state index in [1.807, 2.05) is 18.2 Å². The second kappa shape index (κ2) is 7.10. The lowest BCUT2D eigenvalue weighted by Gasteiger charge is -2.12. The zero-order valence-electron chi connectivity index (χ0n) is 11.3. The average Bonchev–Trinajstić information content (AvgIpc) is 2.44. The van der Waals surface area contributed by atoms with Gasteiger partial charge in [0.2, 0.25) is 0 Å². The maximum absolute atomic E-state index is 5.33. The highest BCUT2D eigenvalue weighted by molar-refractivity contribution is 7.80. The Balaban J connectivity index is 1.99. The summed E-state index contributed by atoms with van der Waals surface area (Å²) in [4.78, 5) is 0. The maximum Gasteiger partial charge on any atom is 0.170 e. The van der Waals surface area contributed by atoms with Crippen LogP contribution in [0.5, 0.6) is 0 Å². The molecule has 0 spiro atoms. The SMILES string of the molecule is CCCCCNC(=S)Nc1cccc2ccccc12. The van der Waals surface area contributed by atoms with Crippen LogP contribution in [-0.4, -0.2) is 11.7 Å². The van der Waals surface area contributed by atoms with E-state index in [0.717, 1.165) is 18.7 Å². The molecule has 0 amide bonds. The Morgan fingerprint density at radius 1 is 1.05 bits per heavy atom. The third-order valence-electron chi connectivity index (χ3n) is 3.10. The van der Waals surface area contributed by atoms with Gasteiger partial charge in [0.1, 0.15) is 0 Å². The monoisotopic (exact) mass is 272 g/mol. The van der Waals surface area contributed by atoms with Gasteiger partial charge in [-0.15, -0.1) is 0 Å². The van der Waals surface area contributed by atoms with Crippen molar-refractivity contribution in [1.29, 1.82) is 0 Å². The minimum absolute atomic E-state index is 0.701. The minimum atomic E-state index is 0.701. The van der Waals surface area contributed by atoms with E-state index < -0.39 is 0 Å². The number of hydrogen-bond acceptors (Lipinski definition) is 1. The Kier molecular flexibility index (Phi) is 5.16. The van der Waals surface area contributed by atoms with E-state index in [2.05, 4.69) is 41.8 Å². The van der Waals surface area contributed by atoms with Crippen molar-refractivity contribution in [2.75, 3.05) is 11.9 Å². The molecule has 0 unspecified atom stereocenters. The van der Waals surface area contributed by atoms with Gasteiger partial charge in [0.05, 0.1) is 0 Å². The number of thiocarbonyl (C=S) groups is 1. The van der Waals surface area contributed by atoms with Gasteiger partial charge in [-0.1, -0.05) is 56.2 Å². The van der Waals surface area contributed by atoms with E-state index in [1.54, 1.807) is 0 Å². The lowest BCUT2D eigenvalue weighted by Crippen LogP contribution is -2.29. The highest BCUT2D eigenvalue weighted by atomic mass is 32.1. The standard InChI is InChI=1S/C16H20N2S/c1-2-3-6-12-17-16(19)18-15-11-7-9-13-8-4-5-10-14(13)15/h4-5,7-11H,2-3,6,12H2,1H3,(H2,17,18,19). The Hall–Kier alpha value is -1.61. The van der Waals surface area contributed by atoms with E-state index in [9.17, 15) is 0 Å². The first-order chi connectivity index (χ1) is 9.31. The van der Waals surface area contributed by atoms with E-state index >= 15 is 0 Å². The van der Waals surface area contributed by atoms with Crippen LogP contribution in [0.1, 0.15) is 26.2 Å². The van der Waals surface area contributed by atoms with Crippen molar-refractivity contribution in [3.63, 3.8) is 0 Å². The van der Waals surface area contributed by atoms with Gasteiger partial charge in [0.25, 0.3) is 0 Å². The fourth-order valence-corrected chi connectivity index (χ4v) is 2.29. The molecular weight excluding hydrogens is 252 g/mol. The van der Waals surface area contributed by atoms with E-state index in [4.69, 9.17) is 12.2 Å². The zero-order valence-corrected chi connectivity index (χ0v) is 12.1. The highest BCUT2D eigenvalue weighted by Gasteiger charge is 2.01. The van der Waals surface area contributed by atoms with Gasteiger partial charge in [-0.3, -0.25) is 0 Å². The first-order valence-electron chi connectivity index (χ1n) is 6.84. The molecule has 0 bridgehead atoms. The third-order valence-corrected chi connectivity index (χ3v) is 3.35. The van der Waals surface area contributed by atoms with Crippen LogP contribution in [0, 0.1) is 0 Å². The van der Waals surface area contributed by atoms with E-state index in [1.165, 1.54) is 23.6 Å². The Bertz CT molecular complexity index is 546. The molecule has 0 heterocycles. The molecule has 2 N–H and O–H groups in total. The van der Waals surface area contributed by atoms with Crippen LogP contribution in [0.4, 0.5) is 5.69 Å². The first kappa shape index (κ1) is 13.8. The summed E-state index contributed by atoms with van der Waals surface area (Å²) in [6.07, 6.45) is 3.63. The molecule has 0 aliphatic heterocycles. The molecule has 0 atom stereocenters. The molecule has 3 heteroatoms. The first-order valence-corrected chi connectivity index (χ1v) is 7.24. The number of nitrogens with one attached hydrogen (secondary N) is 2. The predicted molar refractivity (Wildman–Crippen MR) is 87.7 cm³/mol. The second-order valence-corrected chi connectivity index (χ2v) is 5.02. The van der Waals surface area contributed by atoms with E-state index in [-0.39, 0.29) is 0 Å². The van der Waals surface area contributed by atoms with Crippen molar-refractivity contribution in [1.82, 2.24) is 5.32 Å². The maximum atomic E-state index is 5.33. The van der Waals surface area contributed by atoms with Crippen LogP contribution >= 0.6 is 12.2 Å². The smallest absolute Gasteiger partial charge is 0.170 e. The number of hydrogen-bond donors (Lipinski definition) is 2. The zero-order chi connectivity index (χ0) is 13.5. The Morgan fingerprint density at radius 3 is 2.68 bits per heavy atom. The van der Waals surface area contributed by atoms with Crippen molar-refractivity contribution in [2.45, 2.75) is 26.2 Å². The molecule has 0 radical (unpaired) electrons. The number of unbranched alkanes of at least 4 members (excludes halogenated alkanes) is 2. The molecule has 2 rings (SSSR count).